The van der Waals surface area contributed by atoms with Gasteiger partial charge in [-0.1, -0.05) is 0 Å². The van der Waals surface area contributed by atoms with Gasteiger partial charge in [0.05, 0.1) is 38.1 Å². The van der Waals surface area contributed by atoms with Crippen LogP contribution >= 0.6 is 0 Å². The third-order valence-electron chi connectivity index (χ3n) is 4.97. The molecule has 0 aliphatic carbocycles. The van der Waals surface area contributed by atoms with Crippen molar-refractivity contribution >= 4 is 5.91 Å². The monoisotopic (exact) mass is 349 g/mol. The van der Waals surface area contributed by atoms with Crippen molar-refractivity contribution in [3.05, 3.63) is 23.8 Å². The Hall–Kier alpha value is -1.83. The lowest BCUT2D eigenvalue weighted by molar-refractivity contribution is -0.0559. The van der Waals surface area contributed by atoms with Gasteiger partial charge >= 0.3 is 0 Å². The highest BCUT2D eigenvalue weighted by molar-refractivity contribution is 5.95. The predicted molar refractivity (Wildman–Crippen MR) is 88.0 cm³/mol. The highest BCUT2D eigenvalue weighted by atomic mass is 16.7. The summed E-state index contributed by atoms with van der Waals surface area (Å²) in [6.07, 6.45) is 0.720. The van der Waals surface area contributed by atoms with E-state index >= 15 is 0 Å². The maximum Gasteiger partial charge on any atom is 0.254 e. The summed E-state index contributed by atoms with van der Waals surface area (Å²) in [5.74, 6) is 1.27. The van der Waals surface area contributed by atoms with Crippen molar-refractivity contribution in [3.8, 4) is 11.5 Å². The van der Waals surface area contributed by atoms with Crippen LogP contribution in [0.4, 0.5) is 0 Å². The zero-order chi connectivity index (χ0) is 17.3. The highest BCUT2D eigenvalue weighted by Crippen LogP contribution is 2.36. The Morgan fingerprint density at radius 2 is 2.20 bits per heavy atom. The van der Waals surface area contributed by atoms with Crippen molar-refractivity contribution in [3.63, 3.8) is 0 Å². The average Bonchev–Trinajstić information content (AvgIpc) is 3.26. The summed E-state index contributed by atoms with van der Waals surface area (Å²) in [6, 6.07) is 5.32. The summed E-state index contributed by atoms with van der Waals surface area (Å²) in [4.78, 5) is 15.1. The number of hydrogen-bond acceptors (Lipinski definition) is 6. The maximum atomic E-state index is 13.2. The molecule has 2 saturated heterocycles. The van der Waals surface area contributed by atoms with Crippen LogP contribution in [0.15, 0.2) is 18.2 Å². The molecule has 7 nitrogen and oxygen atoms in total. The van der Waals surface area contributed by atoms with E-state index in [0.717, 1.165) is 6.42 Å². The fourth-order valence-electron chi connectivity index (χ4n) is 3.70. The number of hydrogen-bond donors (Lipinski definition) is 0. The topological polar surface area (TPSA) is 66.5 Å². The van der Waals surface area contributed by atoms with Gasteiger partial charge in [0.15, 0.2) is 11.5 Å². The number of ether oxygens (including phenoxy) is 5. The molecule has 0 N–H and O–H groups in total. The number of rotatable bonds is 4. The van der Waals surface area contributed by atoms with E-state index in [4.69, 9.17) is 23.7 Å². The van der Waals surface area contributed by atoms with Gasteiger partial charge in [-0.05, 0) is 25.1 Å². The summed E-state index contributed by atoms with van der Waals surface area (Å²) in [7, 11) is 0. The molecule has 1 amide bonds. The largest absolute Gasteiger partial charge is 0.454 e. The highest BCUT2D eigenvalue weighted by Gasteiger charge is 2.49. The van der Waals surface area contributed by atoms with Crippen LogP contribution in [-0.4, -0.2) is 68.8 Å². The molecule has 1 spiro atoms. The van der Waals surface area contributed by atoms with Crippen LogP contribution in [-0.2, 0) is 14.2 Å². The molecule has 2 fully saturated rings. The first-order valence-corrected chi connectivity index (χ1v) is 8.70. The fraction of sp³-hybridized carbons (Fsp3) is 0.611. The van der Waals surface area contributed by atoms with Crippen molar-refractivity contribution in [2.24, 2.45) is 0 Å². The van der Waals surface area contributed by atoms with E-state index in [0.29, 0.717) is 56.6 Å². The summed E-state index contributed by atoms with van der Waals surface area (Å²) in [6.45, 7) is 5.41. The van der Waals surface area contributed by atoms with E-state index in [2.05, 4.69) is 0 Å². The quantitative estimate of drug-likeness (QED) is 0.820. The first-order valence-electron chi connectivity index (χ1n) is 8.70. The Bertz CT molecular complexity index is 650. The maximum absolute atomic E-state index is 13.2. The molecule has 4 rings (SSSR count). The summed E-state index contributed by atoms with van der Waals surface area (Å²) >= 11 is 0. The zero-order valence-electron chi connectivity index (χ0n) is 14.4. The molecule has 0 radical (unpaired) electrons. The first-order chi connectivity index (χ1) is 12.2. The van der Waals surface area contributed by atoms with E-state index in [1.165, 1.54) is 0 Å². The fourth-order valence-corrected chi connectivity index (χ4v) is 3.70. The van der Waals surface area contributed by atoms with Crippen LogP contribution in [0.1, 0.15) is 23.7 Å². The van der Waals surface area contributed by atoms with E-state index in [1.54, 1.807) is 18.2 Å². The van der Waals surface area contributed by atoms with Crippen molar-refractivity contribution in [1.82, 2.24) is 4.90 Å². The van der Waals surface area contributed by atoms with Crippen molar-refractivity contribution < 1.29 is 28.5 Å². The normalized spacial score (nSPS) is 27.9. The number of carbonyl (C=O) groups excluding carboxylic acids is 1. The molecule has 0 saturated carbocycles. The van der Waals surface area contributed by atoms with Crippen LogP contribution in [0, 0.1) is 0 Å². The van der Waals surface area contributed by atoms with Gasteiger partial charge in [-0.15, -0.1) is 0 Å². The first kappa shape index (κ1) is 16.6. The summed E-state index contributed by atoms with van der Waals surface area (Å²) in [5.41, 5.74) is 0.173. The van der Waals surface area contributed by atoms with Crippen molar-refractivity contribution in [2.45, 2.75) is 25.0 Å². The molecule has 25 heavy (non-hydrogen) atoms. The second kappa shape index (κ2) is 6.82. The molecule has 1 aromatic rings. The van der Waals surface area contributed by atoms with Gasteiger partial charge in [0.2, 0.25) is 6.79 Å². The molecule has 3 aliphatic rings. The number of nitrogens with zero attached hydrogens (tertiary/aromatic N) is 1. The Labute approximate surface area is 146 Å². The van der Waals surface area contributed by atoms with E-state index in [9.17, 15) is 4.79 Å². The van der Waals surface area contributed by atoms with Crippen LogP contribution in [0.5, 0.6) is 11.5 Å². The Morgan fingerprint density at radius 3 is 3.08 bits per heavy atom. The van der Waals surface area contributed by atoms with Gasteiger partial charge in [0.25, 0.3) is 5.91 Å². The minimum atomic E-state index is -0.423. The van der Waals surface area contributed by atoms with Gasteiger partial charge in [-0.25, -0.2) is 0 Å². The van der Waals surface area contributed by atoms with Crippen LogP contribution in [0.25, 0.3) is 0 Å². The Balaban J connectivity index is 1.54. The van der Waals surface area contributed by atoms with E-state index in [1.807, 2.05) is 11.8 Å². The van der Waals surface area contributed by atoms with E-state index in [-0.39, 0.29) is 18.8 Å². The van der Waals surface area contributed by atoms with Crippen LogP contribution in [0.3, 0.4) is 0 Å². The molecule has 136 valence electrons. The van der Waals surface area contributed by atoms with Gasteiger partial charge < -0.3 is 28.6 Å². The minimum absolute atomic E-state index is 0.00583. The molecule has 0 unspecified atom stereocenters. The zero-order valence-corrected chi connectivity index (χ0v) is 14.4. The van der Waals surface area contributed by atoms with Gasteiger partial charge in [0, 0.05) is 25.1 Å². The molecule has 3 aliphatic heterocycles. The minimum Gasteiger partial charge on any atom is -0.454 e. The van der Waals surface area contributed by atoms with Crippen molar-refractivity contribution in [1.29, 1.82) is 0 Å². The number of fused-ring (bicyclic) bond motifs is 1. The van der Waals surface area contributed by atoms with Crippen molar-refractivity contribution in [2.75, 3.05) is 46.4 Å². The SMILES string of the molecule is CCOC[C@@H]1C[C@]2(COCCN2C(=O)c2ccc3c(c2)OCO3)CO1. The summed E-state index contributed by atoms with van der Waals surface area (Å²) in [5, 5.41) is 0. The number of amides is 1. The average molecular weight is 349 g/mol. The second-order valence-electron chi connectivity index (χ2n) is 6.60. The third-order valence-corrected chi connectivity index (χ3v) is 4.97. The molecule has 0 bridgehead atoms. The lowest BCUT2D eigenvalue weighted by Crippen LogP contribution is -2.59. The molecule has 2 atom stereocenters. The number of benzene rings is 1. The molecule has 0 aromatic heterocycles. The van der Waals surface area contributed by atoms with Gasteiger partial charge in [-0.3, -0.25) is 4.79 Å². The molecule has 1 aromatic carbocycles. The third kappa shape index (κ3) is 3.07. The van der Waals surface area contributed by atoms with Crippen LogP contribution < -0.4 is 9.47 Å². The second-order valence-corrected chi connectivity index (χ2v) is 6.60. The predicted octanol–water partition coefficient (Wildman–Crippen LogP) is 1.45. The summed E-state index contributed by atoms with van der Waals surface area (Å²) < 4.78 is 27.8. The van der Waals surface area contributed by atoms with Gasteiger partial charge in [-0.2, -0.15) is 0 Å². The molecule has 3 heterocycles. The standard InChI is InChI=1S/C18H23NO6/c1-2-21-9-14-8-18(11-23-14)10-22-6-5-19(18)17(20)13-3-4-15-16(7-13)25-12-24-15/h3-4,7,14H,2,5-6,8-12H2,1H3/t14-,18-/m0/s1. The Kier molecular flexibility index (Phi) is 4.54. The molecular weight excluding hydrogens is 326 g/mol. The van der Waals surface area contributed by atoms with Gasteiger partial charge in [0.1, 0.15) is 0 Å². The number of carbonyl (C=O) groups is 1. The lowest BCUT2D eigenvalue weighted by atomic mass is 9.92. The lowest BCUT2D eigenvalue weighted by Gasteiger charge is -2.43. The Morgan fingerprint density at radius 1 is 1.32 bits per heavy atom. The number of morpholine rings is 1. The van der Waals surface area contributed by atoms with Crippen LogP contribution in [0.2, 0.25) is 0 Å². The molecule has 7 heteroatoms. The molecular formula is C18H23NO6. The van der Waals surface area contributed by atoms with E-state index < -0.39 is 5.54 Å². The smallest absolute Gasteiger partial charge is 0.254 e.